The van der Waals surface area contributed by atoms with E-state index >= 15 is 0 Å². The fourth-order valence-corrected chi connectivity index (χ4v) is 5.92. The summed E-state index contributed by atoms with van der Waals surface area (Å²) in [5.41, 5.74) is 5.16. The van der Waals surface area contributed by atoms with Crippen LogP contribution in [0.4, 0.5) is 5.69 Å². The second-order valence-corrected chi connectivity index (χ2v) is 11.9. The van der Waals surface area contributed by atoms with Crippen LogP contribution in [0.3, 0.4) is 0 Å². The van der Waals surface area contributed by atoms with E-state index in [1.807, 2.05) is 27.7 Å². The summed E-state index contributed by atoms with van der Waals surface area (Å²) in [6, 6.07) is 9.36. The minimum Gasteiger partial charge on any atom is -0.294 e. The molecule has 0 fully saturated rings. The van der Waals surface area contributed by atoms with Crippen molar-refractivity contribution in [2.45, 2.75) is 59.3 Å². The molecule has 0 radical (unpaired) electrons. The molecule has 0 atom stereocenters. The minimum absolute atomic E-state index is 0.104. The van der Waals surface area contributed by atoms with Crippen molar-refractivity contribution < 1.29 is 19.3 Å². The van der Waals surface area contributed by atoms with E-state index in [1.165, 1.54) is 24.5 Å². The fourth-order valence-electron chi connectivity index (χ4n) is 5.92. The summed E-state index contributed by atoms with van der Waals surface area (Å²) in [5.74, 6) is -1.37. The van der Waals surface area contributed by atoms with Crippen molar-refractivity contribution in [3.63, 3.8) is 0 Å². The Hall–Kier alpha value is -4.14. The maximum absolute atomic E-state index is 13.8. The molecule has 3 aliphatic rings. The van der Waals surface area contributed by atoms with Crippen molar-refractivity contribution in [3.05, 3.63) is 92.6 Å². The van der Waals surface area contributed by atoms with E-state index < -0.39 is 10.8 Å². The molecule has 0 saturated heterocycles. The standard InChI is InChI=1S/C29H30N4O5/c1-28(2)13-20-25(22(34)15-28)24(18-6-5-7-19(12-18)33(37)38)26-21(14-29(3,4)16-23(26)35)32(20)31-27(36)17-8-10-30-11-9-17/h5-12,24H,13-16H2,1-4H3,(H,31,36). The molecule has 9 heteroatoms. The number of nitrogens with zero attached hydrogens (tertiary/aromatic N) is 3. The molecule has 0 bridgehead atoms. The molecule has 2 aliphatic carbocycles. The van der Waals surface area contributed by atoms with Crippen LogP contribution in [0.5, 0.6) is 0 Å². The quantitative estimate of drug-likeness (QED) is 0.449. The van der Waals surface area contributed by atoms with Crippen LogP contribution in [0, 0.1) is 20.9 Å². The summed E-state index contributed by atoms with van der Waals surface area (Å²) < 4.78 is 0. The average molecular weight is 515 g/mol. The number of nitro benzene ring substituents is 1. The summed E-state index contributed by atoms with van der Waals surface area (Å²) in [6.45, 7) is 8.00. The maximum atomic E-state index is 13.8. The Morgan fingerprint density at radius 3 is 2.03 bits per heavy atom. The van der Waals surface area contributed by atoms with Crippen molar-refractivity contribution in [1.29, 1.82) is 0 Å². The van der Waals surface area contributed by atoms with Crippen LogP contribution >= 0.6 is 0 Å². The lowest BCUT2D eigenvalue weighted by Gasteiger charge is -2.48. The van der Waals surface area contributed by atoms with Gasteiger partial charge in [0.05, 0.1) is 4.92 Å². The lowest BCUT2D eigenvalue weighted by Crippen LogP contribution is -2.50. The van der Waals surface area contributed by atoms with Gasteiger partial charge in [0.2, 0.25) is 0 Å². The number of amides is 1. The third kappa shape index (κ3) is 4.53. The summed E-state index contributed by atoms with van der Waals surface area (Å²) in [4.78, 5) is 56.0. The third-order valence-electron chi connectivity index (χ3n) is 7.48. The summed E-state index contributed by atoms with van der Waals surface area (Å²) >= 11 is 0. The van der Waals surface area contributed by atoms with Crippen molar-refractivity contribution in [2.75, 3.05) is 0 Å². The van der Waals surface area contributed by atoms with Gasteiger partial charge in [-0.1, -0.05) is 39.8 Å². The Morgan fingerprint density at radius 2 is 1.50 bits per heavy atom. The highest BCUT2D eigenvalue weighted by Crippen LogP contribution is 2.54. The SMILES string of the molecule is CC1(C)CC(=O)C2=C(C1)N(NC(=O)c1ccncc1)C1=C(C(=O)CC(C)(C)C1)C2c1cccc([N+](=O)[O-])c1. The number of pyridine rings is 1. The van der Waals surface area contributed by atoms with Gasteiger partial charge in [-0.25, -0.2) is 0 Å². The Labute approximate surface area is 220 Å². The monoisotopic (exact) mass is 514 g/mol. The van der Waals surface area contributed by atoms with Gasteiger partial charge in [0, 0.05) is 71.4 Å². The first kappa shape index (κ1) is 25.5. The lowest BCUT2D eigenvalue weighted by molar-refractivity contribution is -0.384. The number of allylic oxidation sites excluding steroid dienone is 4. The molecule has 0 unspecified atom stereocenters. The van der Waals surface area contributed by atoms with Gasteiger partial charge in [0.1, 0.15) is 0 Å². The summed E-state index contributed by atoms with van der Waals surface area (Å²) in [7, 11) is 0. The van der Waals surface area contributed by atoms with E-state index in [-0.39, 0.29) is 46.8 Å². The zero-order valence-corrected chi connectivity index (χ0v) is 21.9. The predicted octanol–water partition coefficient (Wildman–Crippen LogP) is 5.02. The Kier molecular flexibility index (Phi) is 6.04. The molecular weight excluding hydrogens is 484 g/mol. The number of hydrogen-bond donors (Lipinski definition) is 1. The molecule has 2 heterocycles. The Bertz CT molecular complexity index is 1380. The van der Waals surface area contributed by atoms with Crippen LogP contribution in [0.25, 0.3) is 0 Å². The molecule has 0 saturated carbocycles. The van der Waals surface area contributed by atoms with Crippen molar-refractivity contribution >= 4 is 23.2 Å². The van der Waals surface area contributed by atoms with E-state index in [1.54, 1.807) is 29.3 Å². The molecule has 196 valence electrons. The van der Waals surface area contributed by atoms with Crippen LogP contribution in [-0.2, 0) is 9.59 Å². The lowest BCUT2D eigenvalue weighted by atomic mass is 9.64. The van der Waals surface area contributed by atoms with Gasteiger partial charge in [0.15, 0.2) is 11.6 Å². The molecule has 38 heavy (non-hydrogen) atoms. The third-order valence-corrected chi connectivity index (χ3v) is 7.48. The first-order chi connectivity index (χ1) is 17.9. The van der Waals surface area contributed by atoms with Gasteiger partial charge in [-0.3, -0.25) is 39.9 Å². The first-order valence-corrected chi connectivity index (χ1v) is 12.6. The maximum Gasteiger partial charge on any atom is 0.270 e. The second kappa shape index (κ2) is 9.01. The van der Waals surface area contributed by atoms with Crippen molar-refractivity contribution in [1.82, 2.24) is 15.4 Å². The highest BCUT2D eigenvalue weighted by atomic mass is 16.6. The number of aromatic nitrogens is 1. The predicted molar refractivity (Wildman–Crippen MR) is 139 cm³/mol. The number of hydrogen-bond acceptors (Lipinski definition) is 7. The normalized spacial score (nSPS) is 20.7. The molecule has 2 aromatic rings. The second-order valence-electron chi connectivity index (χ2n) is 11.9. The zero-order valence-electron chi connectivity index (χ0n) is 21.9. The highest BCUT2D eigenvalue weighted by Gasteiger charge is 2.49. The molecule has 9 nitrogen and oxygen atoms in total. The molecule has 5 rings (SSSR count). The molecule has 1 N–H and O–H groups in total. The molecule has 1 aromatic carbocycles. The number of rotatable bonds is 4. The first-order valence-electron chi connectivity index (χ1n) is 12.6. The van der Waals surface area contributed by atoms with Gasteiger partial charge < -0.3 is 0 Å². The van der Waals surface area contributed by atoms with Crippen LogP contribution < -0.4 is 5.43 Å². The van der Waals surface area contributed by atoms with Gasteiger partial charge in [0.25, 0.3) is 11.6 Å². The van der Waals surface area contributed by atoms with Crippen LogP contribution in [-0.4, -0.2) is 32.4 Å². The zero-order chi connectivity index (χ0) is 27.4. The van der Waals surface area contributed by atoms with Gasteiger partial charge in [-0.05, 0) is 41.4 Å². The topological polar surface area (TPSA) is 123 Å². The Balaban J connectivity index is 1.74. The van der Waals surface area contributed by atoms with Crippen LogP contribution in [0.2, 0.25) is 0 Å². The molecule has 0 spiro atoms. The van der Waals surface area contributed by atoms with E-state index in [4.69, 9.17) is 0 Å². The Morgan fingerprint density at radius 1 is 0.947 bits per heavy atom. The number of carbonyl (C=O) groups is 3. The number of ketones is 2. The molecule has 1 amide bonds. The minimum atomic E-state index is -0.735. The number of non-ortho nitro benzene ring substituents is 1. The van der Waals surface area contributed by atoms with Crippen LogP contribution in [0.15, 0.2) is 71.3 Å². The van der Waals surface area contributed by atoms with Gasteiger partial charge >= 0.3 is 0 Å². The number of nitrogens with one attached hydrogen (secondary N) is 1. The number of Topliss-reactive ketones (excluding diaryl/α,β-unsaturated/α-hetero) is 2. The number of hydrazine groups is 1. The van der Waals surface area contributed by atoms with E-state index in [2.05, 4.69) is 10.4 Å². The van der Waals surface area contributed by atoms with E-state index in [0.717, 1.165) is 0 Å². The van der Waals surface area contributed by atoms with E-state index in [9.17, 15) is 24.5 Å². The van der Waals surface area contributed by atoms with Gasteiger partial charge in [-0.2, -0.15) is 0 Å². The fraction of sp³-hybridized carbons (Fsp3) is 0.379. The largest absolute Gasteiger partial charge is 0.294 e. The average Bonchev–Trinajstić information content (AvgIpc) is 2.84. The molecule has 1 aliphatic heterocycles. The number of nitro groups is 1. The van der Waals surface area contributed by atoms with Crippen molar-refractivity contribution in [2.24, 2.45) is 10.8 Å². The molecular formula is C29H30N4O5. The molecule has 1 aromatic heterocycles. The van der Waals surface area contributed by atoms with Crippen molar-refractivity contribution in [3.8, 4) is 0 Å². The number of carbonyl (C=O) groups excluding carboxylic acids is 3. The van der Waals surface area contributed by atoms with E-state index in [0.29, 0.717) is 46.5 Å². The smallest absolute Gasteiger partial charge is 0.270 e. The van der Waals surface area contributed by atoms with Gasteiger partial charge in [-0.15, -0.1) is 0 Å². The summed E-state index contributed by atoms with van der Waals surface area (Å²) in [5, 5.41) is 13.3. The summed E-state index contributed by atoms with van der Waals surface area (Å²) in [6.07, 6.45) is 4.57. The number of benzene rings is 1. The highest BCUT2D eigenvalue weighted by molar-refractivity contribution is 6.07. The van der Waals surface area contributed by atoms with Crippen LogP contribution in [0.1, 0.15) is 75.2 Å².